The molecule has 0 spiro atoms. The highest BCUT2D eigenvalue weighted by molar-refractivity contribution is 7.10. The molecular formula is C15H17NO3S. The summed E-state index contributed by atoms with van der Waals surface area (Å²) in [5.74, 6) is 1.26. The van der Waals surface area contributed by atoms with E-state index in [0.717, 1.165) is 10.6 Å². The minimum atomic E-state index is -0.137. The fourth-order valence-electron chi connectivity index (χ4n) is 1.71. The van der Waals surface area contributed by atoms with Crippen LogP contribution in [0.3, 0.4) is 0 Å². The first-order chi connectivity index (χ1) is 9.69. The van der Waals surface area contributed by atoms with Crippen LogP contribution in [-0.4, -0.2) is 19.6 Å². The Hall–Kier alpha value is -2.01. The second kappa shape index (κ2) is 6.96. The SMILES string of the molecule is COc1ccc(OCC(=O)NC(C)c2cccs2)cc1. The average molecular weight is 291 g/mol. The lowest BCUT2D eigenvalue weighted by Crippen LogP contribution is -2.30. The van der Waals surface area contributed by atoms with Crippen molar-refractivity contribution in [3.63, 3.8) is 0 Å². The molecule has 106 valence electrons. The molecule has 2 rings (SSSR count). The zero-order chi connectivity index (χ0) is 14.4. The van der Waals surface area contributed by atoms with E-state index in [9.17, 15) is 4.79 Å². The summed E-state index contributed by atoms with van der Waals surface area (Å²) in [6.45, 7) is 1.96. The standard InChI is InChI=1S/C15H17NO3S/c1-11(14-4-3-9-20-14)16-15(17)10-19-13-7-5-12(18-2)6-8-13/h3-9,11H,10H2,1-2H3,(H,16,17). The molecule has 0 fully saturated rings. The summed E-state index contributed by atoms with van der Waals surface area (Å²) in [5.41, 5.74) is 0. The van der Waals surface area contributed by atoms with Gasteiger partial charge in [-0.2, -0.15) is 0 Å². The molecule has 0 aliphatic carbocycles. The van der Waals surface area contributed by atoms with E-state index < -0.39 is 0 Å². The number of hydrogen-bond acceptors (Lipinski definition) is 4. The number of hydrogen-bond donors (Lipinski definition) is 1. The lowest BCUT2D eigenvalue weighted by atomic mass is 10.3. The van der Waals surface area contributed by atoms with Gasteiger partial charge >= 0.3 is 0 Å². The highest BCUT2D eigenvalue weighted by Gasteiger charge is 2.10. The van der Waals surface area contributed by atoms with Gasteiger partial charge in [-0.1, -0.05) is 6.07 Å². The van der Waals surface area contributed by atoms with E-state index in [1.165, 1.54) is 0 Å². The van der Waals surface area contributed by atoms with Gasteiger partial charge < -0.3 is 14.8 Å². The molecule has 0 bridgehead atoms. The van der Waals surface area contributed by atoms with Crippen molar-refractivity contribution in [2.45, 2.75) is 13.0 Å². The summed E-state index contributed by atoms with van der Waals surface area (Å²) in [4.78, 5) is 12.9. The number of carbonyl (C=O) groups excluding carboxylic acids is 1. The predicted molar refractivity (Wildman–Crippen MR) is 79.4 cm³/mol. The molecular weight excluding hydrogens is 274 g/mol. The fourth-order valence-corrected chi connectivity index (χ4v) is 2.45. The smallest absolute Gasteiger partial charge is 0.258 e. The van der Waals surface area contributed by atoms with Crippen molar-refractivity contribution in [1.29, 1.82) is 0 Å². The maximum absolute atomic E-state index is 11.8. The van der Waals surface area contributed by atoms with Gasteiger partial charge in [-0.25, -0.2) is 0 Å². The van der Waals surface area contributed by atoms with Gasteiger partial charge in [0.1, 0.15) is 11.5 Å². The van der Waals surface area contributed by atoms with E-state index in [1.54, 1.807) is 42.7 Å². The third-order valence-electron chi connectivity index (χ3n) is 2.78. The Morgan fingerprint density at radius 3 is 2.55 bits per heavy atom. The van der Waals surface area contributed by atoms with E-state index >= 15 is 0 Å². The average Bonchev–Trinajstić information content (AvgIpc) is 3.00. The van der Waals surface area contributed by atoms with Crippen LogP contribution in [0.25, 0.3) is 0 Å². The maximum Gasteiger partial charge on any atom is 0.258 e. The van der Waals surface area contributed by atoms with Crippen LogP contribution >= 0.6 is 11.3 Å². The van der Waals surface area contributed by atoms with Gasteiger partial charge in [-0.3, -0.25) is 4.79 Å². The number of ether oxygens (including phenoxy) is 2. The van der Waals surface area contributed by atoms with Gasteiger partial charge in [0.05, 0.1) is 13.2 Å². The van der Waals surface area contributed by atoms with E-state index in [4.69, 9.17) is 9.47 Å². The van der Waals surface area contributed by atoms with Gasteiger partial charge in [-0.15, -0.1) is 11.3 Å². The van der Waals surface area contributed by atoms with Crippen LogP contribution < -0.4 is 14.8 Å². The molecule has 1 atom stereocenters. The molecule has 0 radical (unpaired) electrons. The van der Waals surface area contributed by atoms with Crippen LogP contribution in [0.4, 0.5) is 0 Å². The lowest BCUT2D eigenvalue weighted by Gasteiger charge is -2.13. The van der Waals surface area contributed by atoms with Gasteiger partial charge in [-0.05, 0) is 42.6 Å². The Morgan fingerprint density at radius 2 is 1.95 bits per heavy atom. The van der Waals surface area contributed by atoms with Gasteiger partial charge in [0.2, 0.25) is 0 Å². The van der Waals surface area contributed by atoms with E-state index in [1.807, 2.05) is 24.4 Å². The number of rotatable bonds is 6. The van der Waals surface area contributed by atoms with Crippen LogP contribution in [0, 0.1) is 0 Å². The summed E-state index contributed by atoms with van der Waals surface area (Å²) in [5, 5.41) is 4.89. The number of benzene rings is 1. The van der Waals surface area contributed by atoms with Crippen LogP contribution in [0.15, 0.2) is 41.8 Å². The molecule has 0 saturated heterocycles. The highest BCUT2D eigenvalue weighted by atomic mass is 32.1. The first-order valence-corrected chi connectivity index (χ1v) is 7.16. The summed E-state index contributed by atoms with van der Waals surface area (Å²) in [7, 11) is 1.61. The van der Waals surface area contributed by atoms with Crippen molar-refractivity contribution in [2.75, 3.05) is 13.7 Å². The van der Waals surface area contributed by atoms with E-state index in [2.05, 4.69) is 5.32 Å². The molecule has 1 heterocycles. The molecule has 2 aromatic rings. The van der Waals surface area contributed by atoms with E-state index in [0.29, 0.717) is 5.75 Å². The lowest BCUT2D eigenvalue weighted by molar-refractivity contribution is -0.123. The fraction of sp³-hybridized carbons (Fsp3) is 0.267. The van der Waals surface area contributed by atoms with Crippen molar-refractivity contribution in [1.82, 2.24) is 5.32 Å². The Bertz CT molecular complexity index is 537. The van der Waals surface area contributed by atoms with Crippen LogP contribution in [0.5, 0.6) is 11.5 Å². The largest absolute Gasteiger partial charge is 0.497 e. The van der Waals surface area contributed by atoms with Crippen molar-refractivity contribution < 1.29 is 14.3 Å². The topological polar surface area (TPSA) is 47.6 Å². The number of amides is 1. The Kier molecular flexibility index (Phi) is 5.01. The van der Waals surface area contributed by atoms with Crippen molar-refractivity contribution in [3.8, 4) is 11.5 Å². The maximum atomic E-state index is 11.8. The number of carbonyl (C=O) groups is 1. The first-order valence-electron chi connectivity index (χ1n) is 6.28. The van der Waals surface area contributed by atoms with Crippen molar-refractivity contribution in [3.05, 3.63) is 46.7 Å². The molecule has 1 aromatic heterocycles. The van der Waals surface area contributed by atoms with Gasteiger partial charge in [0, 0.05) is 4.88 Å². The Morgan fingerprint density at radius 1 is 1.25 bits per heavy atom. The van der Waals surface area contributed by atoms with Crippen molar-refractivity contribution >= 4 is 17.2 Å². The zero-order valence-corrected chi connectivity index (χ0v) is 12.3. The minimum absolute atomic E-state index is 0.00182. The molecule has 1 amide bonds. The number of nitrogens with one attached hydrogen (secondary N) is 1. The quantitative estimate of drug-likeness (QED) is 0.890. The van der Waals surface area contributed by atoms with Gasteiger partial charge in [0.15, 0.2) is 6.61 Å². The Labute approximate surface area is 122 Å². The zero-order valence-electron chi connectivity index (χ0n) is 11.5. The Balaban J connectivity index is 1.79. The van der Waals surface area contributed by atoms with E-state index in [-0.39, 0.29) is 18.6 Å². The minimum Gasteiger partial charge on any atom is -0.497 e. The van der Waals surface area contributed by atoms with Gasteiger partial charge in [0.25, 0.3) is 5.91 Å². The predicted octanol–water partition coefficient (Wildman–Crippen LogP) is 3.01. The summed E-state index contributed by atoms with van der Waals surface area (Å²) in [6, 6.07) is 11.1. The molecule has 0 aliphatic rings. The molecule has 0 saturated carbocycles. The molecule has 20 heavy (non-hydrogen) atoms. The second-order valence-electron chi connectivity index (χ2n) is 4.27. The molecule has 1 unspecified atom stereocenters. The van der Waals surface area contributed by atoms with Crippen LogP contribution in [-0.2, 0) is 4.79 Å². The molecule has 1 N–H and O–H groups in total. The second-order valence-corrected chi connectivity index (χ2v) is 5.25. The number of methoxy groups -OCH3 is 1. The molecule has 1 aromatic carbocycles. The highest BCUT2D eigenvalue weighted by Crippen LogP contribution is 2.19. The third-order valence-corrected chi connectivity index (χ3v) is 3.83. The van der Waals surface area contributed by atoms with Crippen LogP contribution in [0.1, 0.15) is 17.8 Å². The summed E-state index contributed by atoms with van der Waals surface area (Å²) < 4.78 is 10.5. The third kappa shape index (κ3) is 3.99. The first kappa shape index (κ1) is 14.4. The summed E-state index contributed by atoms with van der Waals surface area (Å²) >= 11 is 1.62. The normalized spacial score (nSPS) is 11.7. The molecule has 4 nitrogen and oxygen atoms in total. The summed E-state index contributed by atoms with van der Waals surface area (Å²) in [6.07, 6.45) is 0. The van der Waals surface area contributed by atoms with Crippen molar-refractivity contribution in [2.24, 2.45) is 0 Å². The van der Waals surface area contributed by atoms with Crippen LogP contribution in [0.2, 0.25) is 0 Å². The number of thiophene rings is 1. The molecule has 5 heteroatoms. The monoisotopic (exact) mass is 291 g/mol. The molecule has 0 aliphatic heterocycles.